The second-order valence-corrected chi connectivity index (χ2v) is 5.44. The summed E-state index contributed by atoms with van der Waals surface area (Å²) in [4.78, 5) is 4.47. The topological polar surface area (TPSA) is 60.2 Å². The van der Waals surface area contributed by atoms with Gasteiger partial charge in [-0.25, -0.2) is 0 Å². The Kier molecular flexibility index (Phi) is 4.35. The molecule has 0 bridgehead atoms. The fourth-order valence-electron chi connectivity index (χ4n) is 2.44. The molecular formula is C13H23N3O2. The molecule has 5 heteroatoms. The number of ether oxygens (including phenoxy) is 1. The van der Waals surface area contributed by atoms with Gasteiger partial charge in [0.05, 0.1) is 6.54 Å². The molecule has 102 valence electrons. The predicted molar refractivity (Wildman–Crippen MR) is 68.0 cm³/mol. The molecule has 2 rings (SSSR count). The van der Waals surface area contributed by atoms with Gasteiger partial charge < -0.3 is 14.6 Å². The largest absolute Gasteiger partial charge is 0.370 e. The zero-order chi connectivity index (χ0) is 13.0. The first-order valence-electron chi connectivity index (χ1n) is 6.75. The first-order valence-corrected chi connectivity index (χ1v) is 6.75. The maximum atomic E-state index is 5.64. The summed E-state index contributed by atoms with van der Waals surface area (Å²) in [5.41, 5.74) is -0.306. The Labute approximate surface area is 108 Å². The number of hydrogen-bond acceptors (Lipinski definition) is 5. The van der Waals surface area contributed by atoms with E-state index in [2.05, 4.69) is 29.3 Å². The van der Waals surface area contributed by atoms with Crippen molar-refractivity contribution in [2.24, 2.45) is 5.92 Å². The Bertz CT molecular complexity index is 370. The molecule has 0 saturated heterocycles. The van der Waals surface area contributed by atoms with E-state index in [0.29, 0.717) is 24.2 Å². The molecule has 1 aromatic rings. The lowest BCUT2D eigenvalue weighted by molar-refractivity contribution is -0.0178. The molecule has 0 spiro atoms. The Morgan fingerprint density at radius 2 is 2.11 bits per heavy atom. The zero-order valence-electron chi connectivity index (χ0n) is 11.5. The third-order valence-electron chi connectivity index (χ3n) is 3.51. The summed E-state index contributed by atoms with van der Waals surface area (Å²) >= 11 is 0. The molecule has 18 heavy (non-hydrogen) atoms. The lowest BCUT2D eigenvalue weighted by Crippen LogP contribution is -2.26. The van der Waals surface area contributed by atoms with Crippen LogP contribution < -0.4 is 5.32 Å². The molecule has 1 heterocycles. The van der Waals surface area contributed by atoms with Crippen LogP contribution in [0.3, 0.4) is 0 Å². The number of aromatic nitrogens is 2. The molecule has 0 atom stereocenters. The van der Waals surface area contributed by atoms with Crippen molar-refractivity contribution in [3.8, 4) is 0 Å². The van der Waals surface area contributed by atoms with E-state index in [0.717, 1.165) is 19.4 Å². The van der Waals surface area contributed by atoms with Crippen LogP contribution in [0.1, 0.15) is 51.2 Å². The summed E-state index contributed by atoms with van der Waals surface area (Å²) in [6, 6.07) is 0. The van der Waals surface area contributed by atoms with E-state index < -0.39 is 0 Å². The minimum absolute atomic E-state index is 0.306. The van der Waals surface area contributed by atoms with Gasteiger partial charge in [-0.05, 0) is 38.1 Å². The van der Waals surface area contributed by atoms with E-state index in [4.69, 9.17) is 9.26 Å². The first kappa shape index (κ1) is 13.5. The lowest BCUT2D eigenvalue weighted by Gasteiger charge is -2.22. The van der Waals surface area contributed by atoms with Crippen LogP contribution in [0.25, 0.3) is 0 Å². The highest BCUT2D eigenvalue weighted by atomic mass is 16.5. The average molecular weight is 253 g/mol. The Morgan fingerprint density at radius 3 is 2.72 bits per heavy atom. The van der Waals surface area contributed by atoms with E-state index in [1.54, 1.807) is 7.11 Å². The van der Waals surface area contributed by atoms with Gasteiger partial charge in [-0.3, -0.25) is 0 Å². The lowest BCUT2D eigenvalue weighted by atomic mass is 10.0. The van der Waals surface area contributed by atoms with Gasteiger partial charge in [0.15, 0.2) is 0 Å². The number of nitrogens with one attached hydrogen (secondary N) is 1. The molecule has 1 N–H and O–H groups in total. The fraction of sp³-hybridized carbons (Fsp3) is 0.846. The van der Waals surface area contributed by atoms with Gasteiger partial charge in [0.1, 0.15) is 5.60 Å². The molecule has 0 aliphatic heterocycles. The van der Waals surface area contributed by atoms with Crippen molar-refractivity contribution in [3.63, 3.8) is 0 Å². The molecule has 0 amide bonds. The third-order valence-corrected chi connectivity index (χ3v) is 3.51. The second kappa shape index (κ2) is 5.80. The molecule has 1 aromatic heterocycles. The van der Waals surface area contributed by atoms with Crippen LogP contribution in [0.5, 0.6) is 0 Å². The molecule has 1 aliphatic carbocycles. The summed E-state index contributed by atoms with van der Waals surface area (Å²) in [5.74, 6) is 1.98. The van der Waals surface area contributed by atoms with Crippen molar-refractivity contribution in [2.75, 3.05) is 13.7 Å². The molecule has 0 unspecified atom stereocenters. The van der Waals surface area contributed by atoms with Gasteiger partial charge in [0.2, 0.25) is 11.7 Å². The van der Waals surface area contributed by atoms with Crippen LogP contribution in [0.4, 0.5) is 0 Å². The van der Waals surface area contributed by atoms with Crippen molar-refractivity contribution >= 4 is 0 Å². The van der Waals surface area contributed by atoms with Crippen molar-refractivity contribution in [3.05, 3.63) is 11.7 Å². The molecule has 5 nitrogen and oxygen atoms in total. The first-order chi connectivity index (χ1) is 8.66. The summed E-state index contributed by atoms with van der Waals surface area (Å²) in [6.45, 7) is 5.92. The SMILES string of the molecule is COC1(c2noc(CNCC(C)C)n2)CCCC1. The molecule has 1 fully saturated rings. The van der Waals surface area contributed by atoms with Crippen LogP contribution in [0, 0.1) is 5.92 Å². The molecule has 0 radical (unpaired) electrons. The highest BCUT2D eigenvalue weighted by Gasteiger charge is 2.40. The summed E-state index contributed by atoms with van der Waals surface area (Å²) < 4.78 is 10.9. The quantitative estimate of drug-likeness (QED) is 0.842. The summed E-state index contributed by atoms with van der Waals surface area (Å²) in [6.07, 6.45) is 4.32. The van der Waals surface area contributed by atoms with Crippen LogP contribution >= 0.6 is 0 Å². The van der Waals surface area contributed by atoms with Crippen molar-refractivity contribution in [1.82, 2.24) is 15.5 Å². The van der Waals surface area contributed by atoms with E-state index in [1.807, 2.05) is 0 Å². The predicted octanol–water partition coefficient (Wildman–Crippen LogP) is 2.23. The molecule has 1 saturated carbocycles. The Balaban J connectivity index is 1.96. The van der Waals surface area contributed by atoms with Gasteiger partial charge in [-0.1, -0.05) is 19.0 Å². The highest BCUT2D eigenvalue weighted by Crippen LogP contribution is 2.39. The average Bonchev–Trinajstić information content (AvgIpc) is 2.97. The maximum absolute atomic E-state index is 5.64. The van der Waals surface area contributed by atoms with Crippen LogP contribution in [-0.2, 0) is 16.9 Å². The van der Waals surface area contributed by atoms with Crippen molar-refractivity contribution in [1.29, 1.82) is 0 Å². The number of hydrogen-bond donors (Lipinski definition) is 1. The van der Waals surface area contributed by atoms with Gasteiger partial charge >= 0.3 is 0 Å². The van der Waals surface area contributed by atoms with Crippen molar-refractivity contribution in [2.45, 2.75) is 51.7 Å². The third kappa shape index (κ3) is 2.90. The smallest absolute Gasteiger partial charge is 0.240 e. The maximum Gasteiger partial charge on any atom is 0.240 e. The van der Waals surface area contributed by atoms with Gasteiger partial charge in [0, 0.05) is 7.11 Å². The number of nitrogens with zero attached hydrogens (tertiary/aromatic N) is 2. The standard InChI is InChI=1S/C13H23N3O2/c1-10(2)8-14-9-11-15-12(16-18-11)13(17-3)6-4-5-7-13/h10,14H,4-9H2,1-3H3. The highest BCUT2D eigenvalue weighted by molar-refractivity contribution is 5.04. The number of rotatable bonds is 6. The monoisotopic (exact) mass is 253 g/mol. The van der Waals surface area contributed by atoms with Crippen LogP contribution in [0.2, 0.25) is 0 Å². The molecule has 1 aliphatic rings. The van der Waals surface area contributed by atoms with E-state index in [1.165, 1.54) is 12.8 Å². The van der Waals surface area contributed by atoms with E-state index in [-0.39, 0.29) is 5.60 Å². The number of methoxy groups -OCH3 is 1. The molecule has 0 aromatic carbocycles. The minimum Gasteiger partial charge on any atom is -0.370 e. The van der Waals surface area contributed by atoms with Gasteiger partial charge in [-0.15, -0.1) is 0 Å². The van der Waals surface area contributed by atoms with Crippen molar-refractivity contribution < 1.29 is 9.26 Å². The summed E-state index contributed by atoms with van der Waals surface area (Å²) in [5, 5.41) is 7.39. The Morgan fingerprint density at radius 1 is 1.39 bits per heavy atom. The minimum atomic E-state index is -0.306. The molecular weight excluding hydrogens is 230 g/mol. The van der Waals surface area contributed by atoms with Crippen LogP contribution in [-0.4, -0.2) is 23.8 Å². The van der Waals surface area contributed by atoms with E-state index >= 15 is 0 Å². The second-order valence-electron chi connectivity index (χ2n) is 5.44. The fourth-order valence-corrected chi connectivity index (χ4v) is 2.44. The van der Waals surface area contributed by atoms with Gasteiger partial charge in [0.25, 0.3) is 0 Å². The normalized spacial score (nSPS) is 18.7. The van der Waals surface area contributed by atoms with Crippen LogP contribution in [0.15, 0.2) is 4.52 Å². The van der Waals surface area contributed by atoms with E-state index in [9.17, 15) is 0 Å². The summed E-state index contributed by atoms with van der Waals surface area (Å²) in [7, 11) is 1.73. The zero-order valence-corrected chi connectivity index (χ0v) is 11.5. The van der Waals surface area contributed by atoms with Gasteiger partial charge in [-0.2, -0.15) is 4.98 Å². The Hall–Kier alpha value is -0.940.